The van der Waals surface area contributed by atoms with E-state index in [1.807, 2.05) is 19.6 Å². The molecule has 0 aromatic heterocycles. The Labute approximate surface area is 744 Å². The molecule has 11 rings (SSSR count). The Morgan fingerprint density at radius 3 is 0.992 bits per heavy atom. The molecule has 3 aliphatic heterocycles. The summed E-state index contributed by atoms with van der Waals surface area (Å²) in [6.07, 6.45) is -34.8. The fraction of sp³-hybridized carbons (Fsp3) is 0.385. The van der Waals surface area contributed by atoms with Crippen molar-refractivity contribution >= 4 is 32.5 Å². The van der Waals surface area contributed by atoms with Crippen molar-refractivity contribution < 1.29 is 122 Å². The number of halogens is 18. The Morgan fingerprint density at radius 2 is 0.702 bits per heavy atom. The van der Waals surface area contributed by atoms with Crippen LogP contribution in [0.25, 0.3) is 19.0 Å². The first-order chi connectivity index (χ1) is 61.0. The molecule has 0 bridgehead atoms. The lowest BCUT2D eigenvalue weighted by molar-refractivity contribution is -0.145. The normalized spacial score (nSPS) is 21.3. The van der Waals surface area contributed by atoms with E-state index < -0.39 is 168 Å². The minimum absolute atomic E-state index is 0.00610. The van der Waals surface area contributed by atoms with Crippen molar-refractivity contribution in [1.82, 2.24) is 25.8 Å². The van der Waals surface area contributed by atoms with Gasteiger partial charge in [-0.2, -0.15) is 79.0 Å². The van der Waals surface area contributed by atoms with Crippen LogP contribution in [0.3, 0.4) is 0 Å². The van der Waals surface area contributed by atoms with Gasteiger partial charge in [0.15, 0.2) is 0 Å². The van der Waals surface area contributed by atoms with E-state index in [1.165, 1.54) is 30.6 Å². The minimum Gasteiger partial charge on any atom is -0.445 e. The molecule has 40 heteroatoms. The Hall–Kier alpha value is -12.4. The van der Waals surface area contributed by atoms with Gasteiger partial charge in [-0.15, -0.1) is 0 Å². The zero-order valence-electron chi connectivity index (χ0n) is 71.2. The molecule has 131 heavy (non-hydrogen) atoms. The summed E-state index contributed by atoms with van der Waals surface area (Å²) in [4.78, 5) is 63.8. The van der Waals surface area contributed by atoms with Crippen LogP contribution in [-0.4, -0.2) is 98.7 Å². The number of ether oxygens (including phenoxy) is 5. The molecule has 9 atom stereocenters. The molecule has 21 nitrogen and oxygen atoms in total. The molecule has 3 fully saturated rings. The monoisotopic (exact) mass is 1870 g/mol. The molecule has 0 unspecified atom stereocenters. The maximum atomic E-state index is 13.8. The Balaban J connectivity index is 0.000000236. The average Bonchev–Trinajstić information content (AvgIpc) is 0.744. The van der Waals surface area contributed by atoms with Crippen LogP contribution in [0.2, 0.25) is 19.6 Å². The molecule has 9 N–H and O–H groups in total. The number of amides is 6. The lowest BCUT2D eigenvalue weighted by Crippen LogP contribution is -2.66. The molecular weight excluding hydrogens is 1780 g/mol. The topological polar surface area (TPSA) is 252 Å². The van der Waals surface area contributed by atoms with Crippen LogP contribution in [0.5, 0.6) is 0 Å². The van der Waals surface area contributed by atoms with Crippen molar-refractivity contribution in [3.8, 4) is 0 Å². The number of piperidine rings is 3. The van der Waals surface area contributed by atoms with Crippen LogP contribution in [0, 0.1) is 26.3 Å². The number of nitrogens with two attached hydrogens (primary N) is 3. The number of urea groups is 2. The number of carbonyl (C=O) groups excluding carboxylic acids is 4. The Bertz CT molecular complexity index is 5300. The van der Waals surface area contributed by atoms with Gasteiger partial charge in [0.1, 0.15) is 26.3 Å². The molecule has 0 spiro atoms. The number of benzene rings is 8. The maximum absolute atomic E-state index is 13.8. The van der Waals surface area contributed by atoms with Crippen LogP contribution in [-0.2, 0) is 90.6 Å². The second-order valence-corrected chi connectivity index (χ2v) is 37.1. The van der Waals surface area contributed by atoms with Crippen LogP contribution in [0.15, 0.2) is 206 Å². The van der Waals surface area contributed by atoms with Crippen molar-refractivity contribution in [3.05, 3.63) is 329 Å². The quantitative estimate of drug-likeness (QED) is 0.0224. The van der Waals surface area contributed by atoms with Crippen LogP contribution >= 0.6 is 0 Å². The van der Waals surface area contributed by atoms with Crippen LogP contribution in [0.1, 0.15) is 155 Å². The summed E-state index contributed by atoms with van der Waals surface area (Å²) in [6, 6.07) is 45.5. The molecule has 6 amide bonds. The van der Waals surface area contributed by atoms with E-state index in [0.29, 0.717) is 58.7 Å². The highest BCUT2D eigenvalue weighted by Gasteiger charge is 2.58. The molecule has 8 aromatic carbocycles. The fourth-order valence-electron chi connectivity index (χ4n) is 14.6. The predicted molar refractivity (Wildman–Crippen MR) is 447 cm³/mol. The molecule has 0 aliphatic carbocycles. The van der Waals surface area contributed by atoms with E-state index in [2.05, 4.69) is 35.0 Å². The zero-order valence-corrected chi connectivity index (χ0v) is 72.2. The summed E-state index contributed by atoms with van der Waals surface area (Å²) in [5.41, 5.74) is 2.26. The van der Waals surface area contributed by atoms with Crippen molar-refractivity contribution in [3.63, 3.8) is 0 Å². The molecule has 0 saturated carbocycles. The van der Waals surface area contributed by atoms with E-state index in [1.54, 1.807) is 152 Å². The third-order valence-corrected chi connectivity index (χ3v) is 22.6. The number of nitrogens with one attached hydrogen (secondary N) is 3. The summed E-state index contributed by atoms with van der Waals surface area (Å²) < 4.78 is 275. The highest BCUT2D eigenvalue weighted by atomic mass is 28.3. The lowest BCUT2D eigenvalue weighted by atomic mass is 9.77. The Morgan fingerprint density at radius 1 is 0.412 bits per heavy atom. The van der Waals surface area contributed by atoms with E-state index in [4.69, 9.17) is 67.2 Å². The first-order valence-corrected chi connectivity index (χ1v) is 43.6. The van der Waals surface area contributed by atoms with Crippen molar-refractivity contribution in [2.45, 2.75) is 181 Å². The van der Waals surface area contributed by atoms with Crippen molar-refractivity contribution in [2.24, 2.45) is 17.2 Å². The summed E-state index contributed by atoms with van der Waals surface area (Å²) in [5.74, 6) is 0. The zero-order chi connectivity index (χ0) is 97.2. The SMILES string of the molecule is [C-]#[N+][C@]1(N)CC[C@@](CO[C@H](C)c2cc(C(F)(F)F)cc(C(F)(F)F)c2)(c2ccccc2)N(C(=O)OCc2ccccc2)C1.[C-]#[N+][C@]1(NC(N)=O)CC[C@@](CO[C@H](C)c2cc(C(F)(F)F)cc(C(F)(F)F)c2)(c2ccccc2)N(C(=O)OCc2ccccc2)C1.[C-]#[N+][C@]1(NC(N)=O)CC[C@@](CO[C@H](C)c2cc(C(F)(F)F)cc(C(F)(F)F)c2)(c2ccccc2)NC1.[C-]#[N+][Si](C)(C)C. The first-order valence-electron chi connectivity index (χ1n) is 40.1. The second kappa shape index (κ2) is 42.2. The van der Waals surface area contributed by atoms with Gasteiger partial charge in [-0.25, -0.2) is 38.9 Å². The summed E-state index contributed by atoms with van der Waals surface area (Å²) in [5, 5.41) is 8.04. The van der Waals surface area contributed by atoms with Crippen molar-refractivity contribution in [2.75, 3.05) is 39.5 Å². The highest BCUT2D eigenvalue weighted by Crippen LogP contribution is 2.49. The molecule has 8 aromatic rings. The van der Waals surface area contributed by atoms with Crippen LogP contribution < -0.4 is 33.2 Å². The standard InChI is InChI=1S/C32H30F6N4O4.C31H29F6N3O3.C24H24F6N4O2.C4H9NSi/c1-21(23-15-25(31(33,34)35)17-26(16-23)32(36,37)38)46-20-29(24-11-7-4-8-12-24)13-14-30(40-2,41-27(39)43)19-42(29)28(44)45-18-22-9-5-3-6-10-22;1-21(23-15-25(30(32,33)34)17-26(16-23)31(35,36)37)43-20-28(24-11-7-4-8-12-24)13-14-29(38,39-2)19-40(28)27(41)42-18-22-9-5-3-6-10-22;1-15(16-10-18(23(25,26)27)12-19(11-16)24(28,29)30)36-14-21(17-6-4-3-5-7-17)8-9-22(32-2,13-33-21)34-20(31)35;1-5-6(2,3)4/h3-12,15-17,21H,13-14,18-20H2,1H3,(H3,39,41,43);3-12,15-17,21H,13-14,18-20,38H2,1H3;3-7,10-12,15,33H,8-9,13-14H2,1H3,(H3,31,34,35);2-4H3/t21-,29-,30+;21-,28-,29-;15-,21-,22+;/m111./s1. The number of likely N-dealkylation sites (tertiary alicyclic amines) is 2. The highest BCUT2D eigenvalue weighted by molar-refractivity contribution is 6.79. The number of hydrogen-bond donors (Lipinski definition) is 6. The summed E-state index contributed by atoms with van der Waals surface area (Å²) in [6.45, 7) is 37.8. The molecule has 3 heterocycles. The third kappa shape index (κ3) is 27.8. The number of hydrogen-bond acceptors (Lipinski definition) is 11. The summed E-state index contributed by atoms with van der Waals surface area (Å²) >= 11 is 0. The van der Waals surface area contributed by atoms with Crippen molar-refractivity contribution in [1.29, 1.82) is 0 Å². The van der Waals surface area contributed by atoms with E-state index in [9.17, 15) is 98.2 Å². The van der Waals surface area contributed by atoms with Gasteiger partial charge in [0, 0.05) is 26.1 Å². The van der Waals surface area contributed by atoms with Gasteiger partial charge in [-0.05, 0) is 139 Å². The van der Waals surface area contributed by atoms with Crippen LogP contribution in [0.4, 0.5) is 98.2 Å². The smallest absolute Gasteiger partial charge is 0.433 e. The van der Waals surface area contributed by atoms with E-state index >= 15 is 0 Å². The minimum atomic E-state index is -5.06. The first kappa shape index (κ1) is 104. The van der Waals surface area contributed by atoms with Gasteiger partial charge in [0.2, 0.25) is 0 Å². The largest absolute Gasteiger partial charge is 0.445 e. The van der Waals surface area contributed by atoms with Gasteiger partial charge in [0.05, 0.1) is 108 Å². The molecule has 3 aliphatic rings. The maximum Gasteiger partial charge on any atom is 0.433 e. The van der Waals surface area contributed by atoms with Gasteiger partial charge < -0.3 is 39.7 Å². The van der Waals surface area contributed by atoms with Gasteiger partial charge >= 0.3 is 86.5 Å². The molecule has 0 radical (unpaired) electrons. The second-order valence-electron chi connectivity index (χ2n) is 32.5. The fourth-order valence-corrected chi connectivity index (χ4v) is 14.6. The number of rotatable bonds is 21. The molecule has 700 valence electrons. The average molecular weight is 1870 g/mol. The number of nitrogens with zero attached hydrogens (tertiary/aromatic N) is 6. The molecular formula is C91H92F18N12O9Si. The van der Waals surface area contributed by atoms with Gasteiger partial charge in [-0.3, -0.25) is 52.6 Å². The summed E-state index contributed by atoms with van der Waals surface area (Å²) in [7, 11) is -1.34. The third-order valence-electron chi connectivity index (χ3n) is 22.0. The number of carbonyl (C=O) groups is 4. The van der Waals surface area contributed by atoms with Gasteiger partial charge in [-0.1, -0.05) is 152 Å². The van der Waals surface area contributed by atoms with E-state index in [-0.39, 0.29) is 113 Å². The lowest BCUT2D eigenvalue weighted by Gasteiger charge is -2.49. The number of alkyl halides is 18. The molecule has 3 saturated heterocycles. The predicted octanol–water partition coefficient (Wildman–Crippen LogP) is 22.2. The van der Waals surface area contributed by atoms with Gasteiger partial charge in [0.25, 0.3) is 0 Å². The Kier molecular flexibility index (Phi) is 33.5. The number of primary amides is 2. The van der Waals surface area contributed by atoms with E-state index in [0.717, 1.165) is 5.56 Å².